The van der Waals surface area contributed by atoms with Gasteiger partial charge in [-0.15, -0.1) is 0 Å². The van der Waals surface area contributed by atoms with E-state index in [4.69, 9.17) is 4.74 Å². The van der Waals surface area contributed by atoms with Crippen LogP contribution in [0.3, 0.4) is 0 Å². The smallest absolute Gasteiger partial charge is 0.302 e. The molecule has 3 saturated carbocycles. The Morgan fingerprint density at radius 1 is 1.19 bits per heavy atom. The van der Waals surface area contributed by atoms with E-state index in [2.05, 4.69) is 26.8 Å². The molecule has 0 aliphatic heterocycles. The molecule has 3 heteroatoms. The molecule has 4 rings (SSSR count). The maximum absolute atomic E-state index is 11.5. The molecule has 3 nitrogen and oxygen atoms in total. The first-order chi connectivity index (χ1) is 14.9. The molecule has 4 aliphatic rings. The lowest BCUT2D eigenvalue weighted by molar-refractivity contribution is -0.148. The van der Waals surface area contributed by atoms with E-state index in [1.54, 1.807) is 12.5 Å². The van der Waals surface area contributed by atoms with Gasteiger partial charge in [-0.05, 0) is 106 Å². The molecule has 1 unspecified atom stereocenters. The number of rotatable bonds is 6. The number of hydrogen-bond donors (Lipinski definition) is 1. The van der Waals surface area contributed by atoms with Gasteiger partial charge in [0.15, 0.2) is 0 Å². The molecule has 3 fully saturated rings. The van der Waals surface area contributed by atoms with Crippen LogP contribution in [0.15, 0.2) is 11.6 Å². The van der Waals surface area contributed by atoms with Gasteiger partial charge in [0.2, 0.25) is 0 Å². The van der Waals surface area contributed by atoms with Gasteiger partial charge in [-0.3, -0.25) is 4.79 Å². The van der Waals surface area contributed by atoms with Crippen LogP contribution in [0.5, 0.6) is 0 Å². The average Bonchev–Trinajstić information content (AvgIpc) is 3.04. The lowest BCUT2D eigenvalue weighted by Gasteiger charge is -2.58. The highest BCUT2D eigenvalue weighted by Gasteiger charge is 2.59. The van der Waals surface area contributed by atoms with Crippen LogP contribution in [-0.2, 0) is 9.53 Å². The van der Waals surface area contributed by atoms with Gasteiger partial charge in [-0.1, -0.05) is 45.3 Å². The number of aliphatic hydroxyl groups is 1. The van der Waals surface area contributed by atoms with Crippen LogP contribution >= 0.6 is 0 Å². The van der Waals surface area contributed by atoms with Crippen molar-refractivity contribution in [3.05, 3.63) is 11.6 Å². The summed E-state index contributed by atoms with van der Waals surface area (Å²) in [6.45, 7) is 13.1. The van der Waals surface area contributed by atoms with Gasteiger partial charge in [0.1, 0.15) is 6.10 Å². The topological polar surface area (TPSA) is 46.5 Å². The molecule has 4 aliphatic carbocycles. The van der Waals surface area contributed by atoms with Crippen molar-refractivity contribution in [2.45, 2.75) is 124 Å². The van der Waals surface area contributed by atoms with E-state index in [0.29, 0.717) is 10.8 Å². The number of allylic oxidation sites excluding steroid dienone is 1. The molecule has 0 aromatic carbocycles. The third kappa shape index (κ3) is 4.44. The molecule has 0 aromatic rings. The Morgan fingerprint density at radius 3 is 2.62 bits per heavy atom. The van der Waals surface area contributed by atoms with E-state index >= 15 is 0 Å². The standard InChI is InChI=1S/C29H48O3/c1-19(8-7-15-27(3,4)31)24-11-12-25-23-10-9-21-18-22(32-20(2)30)13-16-28(21,5)26(23)14-17-29(24,25)6/h9,19,22-26,31H,7-8,10-18H2,1-6H3/t19-,22?,23+,24-,25+,26-,28+,29-/m1/s1. The fourth-order valence-corrected chi connectivity index (χ4v) is 9.00. The zero-order valence-electron chi connectivity index (χ0n) is 21.6. The van der Waals surface area contributed by atoms with Crippen LogP contribution in [0.1, 0.15) is 112 Å². The summed E-state index contributed by atoms with van der Waals surface area (Å²) in [7, 11) is 0. The number of carbonyl (C=O) groups excluding carboxylic acids is 1. The molecule has 32 heavy (non-hydrogen) atoms. The normalized spacial score (nSPS) is 42.3. The first-order valence-electron chi connectivity index (χ1n) is 13.5. The van der Waals surface area contributed by atoms with Crippen LogP contribution in [0.25, 0.3) is 0 Å². The summed E-state index contributed by atoms with van der Waals surface area (Å²) in [6, 6.07) is 0. The van der Waals surface area contributed by atoms with Crippen molar-refractivity contribution in [2.24, 2.45) is 40.4 Å². The van der Waals surface area contributed by atoms with Crippen molar-refractivity contribution in [3.63, 3.8) is 0 Å². The van der Waals surface area contributed by atoms with Gasteiger partial charge >= 0.3 is 5.97 Å². The second-order valence-corrected chi connectivity index (χ2v) is 13.1. The minimum absolute atomic E-state index is 0.0952. The number of hydrogen-bond acceptors (Lipinski definition) is 3. The fourth-order valence-electron chi connectivity index (χ4n) is 9.00. The molecular formula is C29H48O3. The zero-order chi connectivity index (χ0) is 23.3. The second kappa shape index (κ2) is 8.75. The van der Waals surface area contributed by atoms with Crippen molar-refractivity contribution in [3.8, 4) is 0 Å². The van der Waals surface area contributed by atoms with Gasteiger partial charge < -0.3 is 9.84 Å². The molecule has 0 aromatic heterocycles. The molecule has 1 N–H and O–H groups in total. The molecule has 0 spiro atoms. The van der Waals surface area contributed by atoms with Gasteiger partial charge in [-0.2, -0.15) is 0 Å². The minimum atomic E-state index is -0.532. The van der Waals surface area contributed by atoms with Gasteiger partial charge in [0, 0.05) is 13.3 Å². The van der Waals surface area contributed by atoms with Crippen LogP contribution in [0.4, 0.5) is 0 Å². The highest BCUT2D eigenvalue weighted by molar-refractivity contribution is 5.66. The van der Waals surface area contributed by atoms with Crippen molar-refractivity contribution in [2.75, 3.05) is 0 Å². The Hall–Kier alpha value is -0.830. The molecule has 0 heterocycles. The van der Waals surface area contributed by atoms with Gasteiger partial charge in [0.25, 0.3) is 0 Å². The van der Waals surface area contributed by atoms with Crippen LogP contribution in [0, 0.1) is 40.4 Å². The van der Waals surface area contributed by atoms with Crippen molar-refractivity contribution in [1.29, 1.82) is 0 Å². The summed E-state index contributed by atoms with van der Waals surface area (Å²) in [6.07, 6.45) is 15.9. The van der Waals surface area contributed by atoms with E-state index in [1.807, 2.05) is 13.8 Å². The van der Waals surface area contributed by atoms with Crippen LogP contribution < -0.4 is 0 Å². The van der Waals surface area contributed by atoms with E-state index in [-0.39, 0.29) is 12.1 Å². The molecule has 0 amide bonds. The Kier molecular flexibility index (Phi) is 6.64. The van der Waals surface area contributed by atoms with E-state index in [9.17, 15) is 9.90 Å². The molecule has 182 valence electrons. The summed E-state index contributed by atoms with van der Waals surface area (Å²) in [5, 5.41) is 10.1. The van der Waals surface area contributed by atoms with E-state index in [1.165, 1.54) is 44.9 Å². The van der Waals surface area contributed by atoms with Crippen LogP contribution in [-0.4, -0.2) is 22.8 Å². The summed E-state index contributed by atoms with van der Waals surface area (Å²) < 4.78 is 5.60. The van der Waals surface area contributed by atoms with Crippen molar-refractivity contribution >= 4 is 5.97 Å². The lowest BCUT2D eigenvalue weighted by Crippen LogP contribution is -2.51. The van der Waals surface area contributed by atoms with Crippen molar-refractivity contribution in [1.82, 2.24) is 0 Å². The van der Waals surface area contributed by atoms with Crippen molar-refractivity contribution < 1.29 is 14.6 Å². The summed E-state index contributed by atoms with van der Waals surface area (Å²) in [4.78, 5) is 11.5. The Bertz CT molecular complexity index is 733. The van der Waals surface area contributed by atoms with Gasteiger partial charge in [0.05, 0.1) is 5.60 Å². The Balaban J connectivity index is 1.45. The summed E-state index contributed by atoms with van der Waals surface area (Å²) in [5.74, 6) is 3.98. The molecule has 0 saturated heterocycles. The molecular weight excluding hydrogens is 396 g/mol. The number of carbonyl (C=O) groups is 1. The van der Waals surface area contributed by atoms with Crippen LogP contribution in [0.2, 0.25) is 0 Å². The highest BCUT2D eigenvalue weighted by atomic mass is 16.5. The maximum Gasteiger partial charge on any atom is 0.302 e. The third-order valence-electron chi connectivity index (χ3n) is 10.6. The zero-order valence-corrected chi connectivity index (χ0v) is 21.6. The number of esters is 1. The predicted molar refractivity (Wildman–Crippen MR) is 130 cm³/mol. The second-order valence-electron chi connectivity index (χ2n) is 13.1. The average molecular weight is 445 g/mol. The number of ether oxygens (including phenoxy) is 1. The highest BCUT2D eigenvalue weighted by Crippen LogP contribution is 2.67. The summed E-state index contributed by atoms with van der Waals surface area (Å²) >= 11 is 0. The van der Waals surface area contributed by atoms with E-state index < -0.39 is 5.60 Å². The molecule has 0 radical (unpaired) electrons. The first-order valence-corrected chi connectivity index (χ1v) is 13.5. The predicted octanol–water partition coefficient (Wildman–Crippen LogP) is 7.07. The SMILES string of the molecule is CC(=O)OC1CC[C@@]2(C)C(=CC[C@@H]3[C@H]2CC[C@]2(C)[C@@H]([C@H](C)CCCC(C)(C)O)CC[C@@H]32)C1. The van der Waals surface area contributed by atoms with E-state index in [0.717, 1.165) is 55.3 Å². The summed E-state index contributed by atoms with van der Waals surface area (Å²) in [5.41, 5.74) is 1.87. The molecule has 8 atom stereocenters. The Morgan fingerprint density at radius 2 is 1.94 bits per heavy atom. The largest absolute Gasteiger partial charge is 0.462 e. The lowest BCUT2D eigenvalue weighted by atomic mass is 9.47. The minimum Gasteiger partial charge on any atom is -0.462 e. The van der Waals surface area contributed by atoms with Gasteiger partial charge in [-0.25, -0.2) is 0 Å². The quantitative estimate of drug-likeness (QED) is 0.352. The molecule has 0 bridgehead atoms. The fraction of sp³-hybridized carbons (Fsp3) is 0.897. The monoisotopic (exact) mass is 444 g/mol. The first kappa shape index (κ1) is 24.3. The number of fused-ring (bicyclic) bond motifs is 5. The third-order valence-corrected chi connectivity index (χ3v) is 10.6. The maximum atomic E-state index is 11.5. The Labute approximate surface area is 196 Å².